The zero-order valence-electron chi connectivity index (χ0n) is 21.3. The third kappa shape index (κ3) is 6.13. The van der Waals surface area contributed by atoms with E-state index in [4.69, 9.17) is 5.10 Å². The van der Waals surface area contributed by atoms with Crippen LogP contribution in [0.1, 0.15) is 58.4 Å². The smallest absolute Gasteiger partial charge is 0.248 e. The molecular weight excluding hydrogens is 424 g/mol. The molecule has 6 nitrogen and oxygen atoms in total. The molecule has 0 radical (unpaired) electrons. The molecule has 0 aliphatic rings. The Kier molecular flexibility index (Phi) is 7.29. The Morgan fingerprint density at radius 1 is 0.941 bits per heavy atom. The van der Waals surface area contributed by atoms with E-state index in [-0.39, 0.29) is 17.2 Å². The second-order valence-electron chi connectivity index (χ2n) is 10.8. The highest BCUT2D eigenvalue weighted by molar-refractivity contribution is 5.97. The number of anilines is 1. The molecule has 0 saturated carbocycles. The zero-order chi connectivity index (χ0) is 25.1. The van der Waals surface area contributed by atoms with Gasteiger partial charge in [-0.2, -0.15) is 5.10 Å². The summed E-state index contributed by atoms with van der Waals surface area (Å²) in [6.07, 6.45) is 0.388. The van der Waals surface area contributed by atoms with Crippen LogP contribution in [0.25, 0.3) is 5.69 Å². The van der Waals surface area contributed by atoms with Crippen LogP contribution in [-0.2, 0) is 21.4 Å². The summed E-state index contributed by atoms with van der Waals surface area (Å²) in [5.74, 6) is 0.121. The van der Waals surface area contributed by atoms with Crippen LogP contribution in [-0.4, -0.2) is 27.6 Å². The van der Waals surface area contributed by atoms with Gasteiger partial charge in [0.1, 0.15) is 11.9 Å². The summed E-state index contributed by atoms with van der Waals surface area (Å²) in [5, 5.41) is 10.8. The third-order valence-corrected chi connectivity index (χ3v) is 5.66. The molecule has 1 unspecified atom stereocenters. The van der Waals surface area contributed by atoms with Gasteiger partial charge in [0.15, 0.2) is 0 Å². The van der Waals surface area contributed by atoms with Crippen LogP contribution in [0, 0.1) is 12.3 Å². The van der Waals surface area contributed by atoms with Crippen molar-refractivity contribution in [1.29, 1.82) is 0 Å². The molecule has 180 valence electrons. The number of aromatic nitrogens is 2. The quantitative estimate of drug-likeness (QED) is 0.531. The summed E-state index contributed by atoms with van der Waals surface area (Å²) in [4.78, 5) is 26.3. The van der Waals surface area contributed by atoms with Gasteiger partial charge in [0, 0.05) is 23.3 Å². The van der Waals surface area contributed by atoms with E-state index in [0.29, 0.717) is 12.2 Å². The van der Waals surface area contributed by atoms with E-state index in [0.717, 1.165) is 22.5 Å². The molecule has 0 aliphatic carbocycles. The van der Waals surface area contributed by atoms with E-state index in [1.54, 1.807) is 4.68 Å². The van der Waals surface area contributed by atoms with Gasteiger partial charge in [-0.25, -0.2) is 4.68 Å². The summed E-state index contributed by atoms with van der Waals surface area (Å²) in [5.41, 5.74) is 2.97. The van der Waals surface area contributed by atoms with Crippen molar-refractivity contribution in [1.82, 2.24) is 15.1 Å². The second-order valence-corrected chi connectivity index (χ2v) is 10.8. The number of amides is 2. The minimum atomic E-state index is -0.729. The highest BCUT2D eigenvalue weighted by Gasteiger charge is 2.29. The van der Waals surface area contributed by atoms with E-state index in [2.05, 4.69) is 31.4 Å². The first-order valence-corrected chi connectivity index (χ1v) is 11.7. The highest BCUT2D eigenvalue weighted by atomic mass is 16.2. The summed E-state index contributed by atoms with van der Waals surface area (Å²) in [6, 6.07) is 18.8. The lowest BCUT2D eigenvalue weighted by Gasteiger charge is -2.24. The molecule has 6 heteroatoms. The monoisotopic (exact) mass is 460 g/mol. The number of benzene rings is 2. The molecule has 2 aromatic carbocycles. The Bertz CT molecular complexity index is 1150. The summed E-state index contributed by atoms with van der Waals surface area (Å²) >= 11 is 0. The summed E-state index contributed by atoms with van der Waals surface area (Å²) < 4.78 is 1.78. The molecule has 1 aromatic heterocycles. The van der Waals surface area contributed by atoms with Crippen LogP contribution in [0.3, 0.4) is 0 Å². The molecule has 1 atom stereocenters. The van der Waals surface area contributed by atoms with Crippen molar-refractivity contribution in [2.75, 3.05) is 5.32 Å². The van der Waals surface area contributed by atoms with Crippen molar-refractivity contribution in [3.63, 3.8) is 0 Å². The fourth-order valence-corrected chi connectivity index (χ4v) is 3.47. The molecule has 1 heterocycles. The number of nitrogens with zero attached hydrogens (tertiary/aromatic N) is 2. The van der Waals surface area contributed by atoms with Crippen molar-refractivity contribution in [2.45, 2.75) is 66.3 Å². The maximum Gasteiger partial charge on any atom is 0.248 e. The van der Waals surface area contributed by atoms with Crippen LogP contribution in [0.5, 0.6) is 0 Å². The van der Waals surface area contributed by atoms with Crippen LogP contribution < -0.4 is 10.6 Å². The van der Waals surface area contributed by atoms with Gasteiger partial charge in [0.05, 0.1) is 11.4 Å². The number of rotatable bonds is 6. The van der Waals surface area contributed by atoms with Gasteiger partial charge in [0.2, 0.25) is 11.8 Å². The second kappa shape index (κ2) is 9.84. The number of nitrogens with one attached hydrogen (secondary N) is 2. The lowest BCUT2D eigenvalue weighted by atomic mass is 9.92. The van der Waals surface area contributed by atoms with Gasteiger partial charge in [-0.15, -0.1) is 0 Å². The number of carbonyl (C=O) groups is 2. The fourth-order valence-electron chi connectivity index (χ4n) is 3.47. The number of para-hydroxylation sites is 1. The molecule has 0 bridgehead atoms. The molecular formula is C28H36N4O2. The van der Waals surface area contributed by atoms with Gasteiger partial charge in [-0.05, 0) is 24.1 Å². The SMILES string of the molecule is Cc1ccccc1-n1nc(C(C)(C)C)cc1NC(=O)C(Cc1ccccc1)NC(=O)C(C)(C)C. The Morgan fingerprint density at radius 2 is 1.56 bits per heavy atom. The molecule has 34 heavy (non-hydrogen) atoms. The van der Waals surface area contributed by atoms with Gasteiger partial charge in [-0.3, -0.25) is 9.59 Å². The number of hydrogen-bond donors (Lipinski definition) is 2. The average molecular weight is 461 g/mol. The number of hydrogen-bond acceptors (Lipinski definition) is 3. The molecule has 0 aliphatic heterocycles. The Labute approximate surface area is 202 Å². The molecule has 2 N–H and O–H groups in total. The van der Waals surface area contributed by atoms with Crippen LogP contribution in [0.2, 0.25) is 0 Å². The predicted molar refractivity (Wildman–Crippen MR) is 137 cm³/mol. The molecule has 0 spiro atoms. The van der Waals surface area contributed by atoms with Crippen molar-refractivity contribution in [3.05, 3.63) is 77.5 Å². The lowest BCUT2D eigenvalue weighted by Crippen LogP contribution is -2.49. The number of carbonyl (C=O) groups excluding carboxylic acids is 2. The maximum absolute atomic E-state index is 13.5. The molecule has 2 amide bonds. The van der Waals surface area contributed by atoms with Crippen LogP contribution >= 0.6 is 0 Å². The van der Waals surface area contributed by atoms with E-state index in [1.165, 1.54) is 0 Å². The zero-order valence-corrected chi connectivity index (χ0v) is 21.3. The first-order chi connectivity index (χ1) is 15.9. The van der Waals surface area contributed by atoms with E-state index < -0.39 is 11.5 Å². The van der Waals surface area contributed by atoms with Gasteiger partial charge < -0.3 is 10.6 Å². The summed E-state index contributed by atoms with van der Waals surface area (Å²) in [7, 11) is 0. The van der Waals surface area contributed by atoms with E-state index >= 15 is 0 Å². The molecule has 0 saturated heterocycles. The Morgan fingerprint density at radius 3 is 2.15 bits per heavy atom. The third-order valence-electron chi connectivity index (χ3n) is 5.66. The molecule has 3 aromatic rings. The molecule has 3 rings (SSSR count). The Hall–Kier alpha value is -3.41. The summed E-state index contributed by atoms with van der Waals surface area (Å²) in [6.45, 7) is 13.8. The van der Waals surface area contributed by atoms with Crippen molar-refractivity contribution in [2.24, 2.45) is 5.41 Å². The van der Waals surface area contributed by atoms with Crippen LogP contribution in [0.4, 0.5) is 5.82 Å². The minimum absolute atomic E-state index is 0.175. The van der Waals surface area contributed by atoms with Crippen molar-refractivity contribution < 1.29 is 9.59 Å². The average Bonchev–Trinajstić information content (AvgIpc) is 3.17. The first kappa shape index (κ1) is 25.2. The lowest BCUT2D eigenvalue weighted by molar-refractivity contribution is -0.132. The standard InChI is InChI=1S/C28H36N4O2/c1-19-13-11-12-16-22(19)32-24(18-23(31-32)27(2,3)4)30-25(33)21(29-26(34)28(5,6)7)17-20-14-9-8-10-15-20/h8-16,18,21H,17H2,1-7H3,(H,29,34)(H,30,33). The van der Waals surface area contributed by atoms with Gasteiger partial charge in [-0.1, -0.05) is 90.1 Å². The van der Waals surface area contributed by atoms with Gasteiger partial charge >= 0.3 is 0 Å². The largest absolute Gasteiger partial charge is 0.344 e. The van der Waals surface area contributed by atoms with Gasteiger partial charge in [0.25, 0.3) is 0 Å². The molecule has 0 fully saturated rings. The van der Waals surface area contributed by atoms with Crippen LogP contribution in [0.15, 0.2) is 60.7 Å². The topological polar surface area (TPSA) is 76.0 Å². The fraction of sp³-hybridized carbons (Fsp3) is 0.393. The van der Waals surface area contributed by atoms with Crippen molar-refractivity contribution in [3.8, 4) is 5.69 Å². The normalized spacial score (nSPS) is 12.8. The van der Waals surface area contributed by atoms with E-state index in [9.17, 15) is 9.59 Å². The minimum Gasteiger partial charge on any atom is -0.344 e. The van der Waals surface area contributed by atoms with Crippen molar-refractivity contribution >= 4 is 17.6 Å². The predicted octanol–water partition coefficient (Wildman–Crippen LogP) is 5.19. The van der Waals surface area contributed by atoms with E-state index in [1.807, 2.05) is 88.4 Å². The highest BCUT2D eigenvalue weighted by Crippen LogP contribution is 2.27. The maximum atomic E-state index is 13.5. The Balaban J connectivity index is 1.97. The number of aryl methyl sites for hydroxylation is 1. The first-order valence-electron chi connectivity index (χ1n) is 11.7.